The quantitative estimate of drug-likeness (QED) is 0.661. The molecule has 154 valence electrons. The van der Waals surface area contributed by atoms with Crippen LogP contribution in [0.1, 0.15) is 12.8 Å². The molecular weight excluding hydrogens is 398 g/mol. The van der Waals surface area contributed by atoms with Crippen molar-refractivity contribution in [3.8, 4) is 16.9 Å². The molecule has 0 aliphatic carbocycles. The van der Waals surface area contributed by atoms with Gasteiger partial charge in [-0.25, -0.2) is 28.2 Å². The van der Waals surface area contributed by atoms with Crippen LogP contribution in [0.15, 0.2) is 43.1 Å². The Morgan fingerprint density at radius 2 is 2.03 bits per heavy atom. The van der Waals surface area contributed by atoms with Gasteiger partial charge in [-0.15, -0.1) is 0 Å². The van der Waals surface area contributed by atoms with Crippen LogP contribution >= 0.6 is 0 Å². The number of halogens is 2. The fraction of sp³-hybridized carbons (Fsp3) is 0.211. The van der Waals surface area contributed by atoms with Crippen LogP contribution < -0.4 is 10.6 Å². The molecule has 0 bridgehead atoms. The van der Waals surface area contributed by atoms with E-state index in [0.29, 0.717) is 5.82 Å². The molecule has 1 aliphatic heterocycles. The first kappa shape index (κ1) is 19.4. The Morgan fingerprint density at radius 3 is 2.63 bits per heavy atom. The average molecular weight is 414 g/mol. The Labute approximate surface area is 169 Å². The molecule has 2 N–H and O–H groups in total. The third kappa shape index (κ3) is 3.81. The van der Waals surface area contributed by atoms with Crippen molar-refractivity contribution in [3.63, 3.8) is 0 Å². The zero-order chi connectivity index (χ0) is 21.3. The van der Waals surface area contributed by atoms with Crippen LogP contribution in [0.25, 0.3) is 16.9 Å². The predicted octanol–water partition coefficient (Wildman–Crippen LogP) is 2.20. The summed E-state index contributed by atoms with van der Waals surface area (Å²) in [6.45, 7) is 0.0680. The number of rotatable bonds is 6. The highest BCUT2D eigenvalue weighted by molar-refractivity contribution is 5.90. The maximum Gasteiger partial charge on any atom is 0.414 e. The topological polar surface area (TPSA) is 116 Å². The molecule has 1 atom stereocenters. The summed E-state index contributed by atoms with van der Waals surface area (Å²) in [5.74, 6) is -1.78. The molecule has 1 aromatic carbocycles. The van der Waals surface area contributed by atoms with Crippen molar-refractivity contribution in [2.75, 3.05) is 11.4 Å². The smallest absolute Gasteiger partial charge is 0.414 e. The number of carbonyl (C=O) groups excluding carboxylic acids is 2. The zero-order valence-electron chi connectivity index (χ0n) is 15.5. The van der Waals surface area contributed by atoms with Crippen molar-refractivity contribution in [3.05, 3.63) is 54.8 Å². The van der Waals surface area contributed by atoms with Crippen LogP contribution in [0.5, 0.6) is 0 Å². The summed E-state index contributed by atoms with van der Waals surface area (Å²) in [6, 6.07) is 5.18. The molecule has 9 nitrogen and oxygen atoms in total. The molecule has 11 heteroatoms. The molecule has 3 heterocycles. The Balaban J connectivity index is 1.57. The van der Waals surface area contributed by atoms with Gasteiger partial charge in [-0.3, -0.25) is 9.69 Å². The number of ether oxygens (including phenoxy) is 1. The van der Waals surface area contributed by atoms with Gasteiger partial charge in [0.1, 0.15) is 30.4 Å². The van der Waals surface area contributed by atoms with E-state index in [-0.39, 0.29) is 36.2 Å². The van der Waals surface area contributed by atoms with E-state index >= 15 is 0 Å². The number of carbonyl (C=O) groups is 2. The highest BCUT2D eigenvalue weighted by Gasteiger charge is 2.33. The van der Waals surface area contributed by atoms with Crippen LogP contribution in [0.3, 0.4) is 0 Å². The number of hydrogen-bond acceptors (Lipinski definition) is 6. The predicted molar refractivity (Wildman–Crippen MR) is 101 cm³/mol. The summed E-state index contributed by atoms with van der Waals surface area (Å²) in [7, 11) is 0. The van der Waals surface area contributed by atoms with Crippen LogP contribution in [-0.4, -0.2) is 44.4 Å². The minimum Gasteiger partial charge on any atom is -0.444 e. The lowest BCUT2D eigenvalue weighted by Crippen LogP contribution is -2.25. The summed E-state index contributed by atoms with van der Waals surface area (Å²) in [4.78, 5) is 32.0. The lowest BCUT2D eigenvalue weighted by molar-refractivity contribution is -0.118. The van der Waals surface area contributed by atoms with E-state index in [1.54, 1.807) is 6.07 Å². The minimum absolute atomic E-state index is 0.0209. The van der Waals surface area contributed by atoms with Gasteiger partial charge in [-0.05, 0) is 30.7 Å². The van der Waals surface area contributed by atoms with Crippen molar-refractivity contribution in [1.82, 2.24) is 19.7 Å². The molecule has 4 rings (SSSR count). The Kier molecular flexibility index (Phi) is 5.09. The normalized spacial score (nSPS) is 16.0. The van der Waals surface area contributed by atoms with E-state index in [9.17, 15) is 18.4 Å². The minimum atomic E-state index is -0.853. The van der Waals surface area contributed by atoms with Crippen molar-refractivity contribution in [2.45, 2.75) is 18.9 Å². The molecule has 3 aromatic rings. The fourth-order valence-corrected chi connectivity index (χ4v) is 3.17. The number of primary amides is 1. The molecule has 1 saturated heterocycles. The van der Waals surface area contributed by atoms with E-state index in [0.717, 1.165) is 17.0 Å². The average Bonchev–Trinajstić information content (AvgIpc) is 3.36. The van der Waals surface area contributed by atoms with Crippen molar-refractivity contribution in [2.24, 2.45) is 5.73 Å². The standard InChI is InChI=1S/C19H16F2N6O3/c20-14-5-12(26-8-13(30-19(26)29)2-3-16(22)28)6-15(21)18(14)11-1-4-17(24-7-11)27-10-23-9-25-27/h1,4-7,9-10,13H,2-3,8H2,(H2,22,28). The van der Waals surface area contributed by atoms with Crippen molar-refractivity contribution in [1.29, 1.82) is 0 Å². The van der Waals surface area contributed by atoms with Gasteiger partial charge in [-0.2, -0.15) is 5.10 Å². The molecule has 0 saturated carbocycles. The Hall–Kier alpha value is -3.89. The van der Waals surface area contributed by atoms with Gasteiger partial charge >= 0.3 is 6.09 Å². The van der Waals surface area contributed by atoms with Gasteiger partial charge in [0.15, 0.2) is 5.82 Å². The molecule has 0 spiro atoms. The van der Waals surface area contributed by atoms with Crippen molar-refractivity contribution < 1.29 is 23.1 Å². The monoisotopic (exact) mass is 414 g/mol. The number of pyridine rings is 1. The van der Waals surface area contributed by atoms with Gasteiger partial charge in [0.25, 0.3) is 0 Å². The molecule has 2 aromatic heterocycles. The highest BCUT2D eigenvalue weighted by Crippen LogP contribution is 2.32. The first-order chi connectivity index (χ1) is 14.4. The SMILES string of the molecule is NC(=O)CCC1CN(c2cc(F)c(-c3ccc(-n4cncn4)nc3)c(F)c2)C(=O)O1. The van der Waals surface area contributed by atoms with Gasteiger partial charge < -0.3 is 10.5 Å². The number of aromatic nitrogens is 4. The number of nitrogens with two attached hydrogens (primary N) is 1. The van der Waals surface area contributed by atoms with E-state index < -0.39 is 29.7 Å². The first-order valence-corrected chi connectivity index (χ1v) is 8.99. The largest absolute Gasteiger partial charge is 0.444 e. The summed E-state index contributed by atoms with van der Waals surface area (Å²) >= 11 is 0. The Morgan fingerprint density at radius 1 is 1.27 bits per heavy atom. The van der Waals surface area contributed by atoms with E-state index in [1.807, 2.05) is 0 Å². The number of nitrogens with zero attached hydrogens (tertiary/aromatic N) is 5. The van der Waals surface area contributed by atoms with E-state index in [1.165, 1.54) is 29.6 Å². The molecule has 1 unspecified atom stereocenters. The summed E-state index contributed by atoms with van der Waals surface area (Å²) in [5, 5.41) is 3.94. The number of hydrogen-bond donors (Lipinski definition) is 1. The summed E-state index contributed by atoms with van der Waals surface area (Å²) < 4.78 is 36.1. The molecule has 1 fully saturated rings. The van der Waals surface area contributed by atoms with Gasteiger partial charge in [-0.1, -0.05) is 0 Å². The molecule has 2 amide bonds. The second-order valence-corrected chi connectivity index (χ2v) is 6.65. The van der Waals surface area contributed by atoms with Gasteiger partial charge in [0, 0.05) is 18.2 Å². The number of cyclic esters (lactones) is 1. The molecule has 1 aliphatic rings. The second kappa shape index (κ2) is 7.85. The van der Waals surface area contributed by atoms with E-state index in [2.05, 4.69) is 15.1 Å². The molecule has 30 heavy (non-hydrogen) atoms. The summed E-state index contributed by atoms with van der Waals surface area (Å²) in [6.07, 6.45) is 3.08. The zero-order valence-corrected chi connectivity index (χ0v) is 15.5. The lowest BCUT2D eigenvalue weighted by atomic mass is 10.1. The fourth-order valence-electron chi connectivity index (χ4n) is 3.17. The number of anilines is 1. The maximum absolute atomic E-state index is 14.8. The number of amides is 2. The Bertz CT molecular complexity index is 1070. The first-order valence-electron chi connectivity index (χ1n) is 8.99. The van der Waals surface area contributed by atoms with Gasteiger partial charge in [0.2, 0.25) is 5.91 Å². The summed E-state index contributed by atoms with van der Waals surface area (Å²) in [5.41, 5.74) is 5.07. The third-order valence-electron chi connectivity index (χ3n) is 4.62. The van der Waals surface area contributed by atoms with E-state index in [4.69, 9.17) is 10.5 Å². The lowest BCUT2D eigenvalue weighted by Gasteiger charge is -2.15. The second-order valence-electron chi connectivity index (χ2n) is 6.65. The number of benzene rings is 1. The maximum atomic E-state index is 14.8. The highest BCUT2D eigenvalue weighted by atomic mass is 19.1. The molecule has 0 radical (unpaired) electrons. The van der Waals surface area contributed by atoms with Crippen molar-refractivity contribution >= 4 is 17.7 Å². The van der Waals surface area contributed by atoms with Gasteiger partial charge in [0.05, 0.1) is 17.8 Å². The van der Waals surface area contributed by atoms with Crippen LogP contribution in [0.4, 0.5) is 19.3 Å². The third-order valence-corrected chi connectivity index (χ3v) is 4.62. The molecular formula is C19H16F2N6O3. The van der Waals surface area contributed by atoms with Crippen LogP contribution in [-0.2, 0) is 9.53 Å². The van der Waals surface area contributed by atoms with Crippen LogP contribution in [0, 0.1) is 11.6 Å². The van der Waals surface area contributed by atoms with Crippen LogP contribution in [0.2, 0.25) is 0 Å².